The van der Waals surface area contributed by atoms with Crippen LogP contribution in [0.2, 0.25) is 0 Å². The van der Waals surface area contributed by atoms with Gasteiger partial charge in [-0.1, -0.05) is 23.6 Å². The molecule has 0 aromatic carbocycles. The van der Waals surface area contributed by atoms with Crippen LogP contribution in [0.1, 0.15) is 32.6 Å². The zero-order chi connectivity index (χ0) is 9.19. The zero-order valence-electron chi connectivity index (χ0n) is 7.14. The van der Waals surface area contributed by atoms with Crippen molar-refractivity contribution >= 4 is 17.6 Å². The molecule has 1 N–H and O–H groups in total. The molecule has 0 aliphatic heterocycles. The molecule has 0 aromatic rings. The third kappa shape index (κ3) is 1.63. The topological polar surface area (TPSA) is 37.3 Å². The van der Waals surface area contributed by atoms with Crippen LogP contribution in [0.3, 0.4) is 0 Å². The van der Waals surface area contributed by atoms with Crippen LogP contribution in [0.5, 0.6) is 0 Å². The lowest BCUT2D eigenvalue weighted by molar-refractivity contribution is -0.154. The van der Waals surface area contributed by atoms with Gasteiger partial charge in [-0.15, -0.1) is 0 Å². The van der Waals surface area contributed by atoms with Crippen molar-refractivity contribution in [3.05, 3.63) is 11.1 Å². The lowest BCUT2D eigenvalue weighted by Gasteiger charge is -2.37. The van der Waals surface area contributed by atoms with Gasteiger partial charge in [-0.25, -0.2) is 0 Å². The van der Waals surface area contributed by atoms with Gasteiger partial charge in [-0.05, 0) is 26.2 Å². The van der Waals surface area contributed by atoms with E-state index < -0.39 is 11.4 Å². The van der Waals surface area contributed by atoms with E-state index in [0.29, 0.717) is 6.42 Å². The van der Waals surface area contributed by atoms with Crippen molar-refractivity contribution in [2.24, 2.45) is 5.41 Å². The molecular weight excluding hydrogens is 176 g/mol. The fraction of sp³-hybridized carbons (Fsp3) is 0.667. The molecule has 0 heterocycles. The molecule has 1 rings (SSSR count). The van der Waals surface area contributed by atoms with Crippen LogP contribution in [0.4, 0.5) is 0 Å². The highest BCUT2D eigenvalue weighted by molar-refractivity contribution is 6.25. The van der Waals surface area contributed by atoms with E-state index >= 15 is 0 Å². The van der Waals surface area contributed by atoms with Crippen LogP contribution in [-0.2, 0) is 4.79 Å². The molecule has 0 spiro atoms. The normalized spacial score (nSPS) is 21.7. The Bertz CT molecular complexity index is 217. The molecule has 68 valence electrons. The number of halogens is 1. The summed E-state index contributed by atoms with van der Waals surface area (Å²) in [5.74, 6) is -0.674. The van der Waals surface area contributed by atoms with Gasteiger partial charge in [0.25, 0.3) is 0 Å². The quantitative estimate of drug-likeness (QED) is 0.740. The second-order valence-electron chi connectivity index (χ2n) is 3.57. The van der Waals surface area contributed by atoms with Gasteiger partial charge in [0.1, 0.15) is 0 Å². The fourth-order valence-electron chi connectivity index (χ4n) is 1.64. The van der Waals surface area contributed by atoms with E-state index in [1.807, 2.05) is 6.92 Å². The summed E-state index contributed by atoms with van der Waals surface area (Å²) in [5, 5.41) is 8.96. The Hall–Kier alpha value is -0.500. The van der Waals surface area contributed by atoms with Crippen molar-refractivity contribution in [1.82, 2.24) is 0 Å². The molecule has 0 amide bonds. The van der Waals surface area contributed by atoms with E-state index in [0.717, 1.165) is 24.8 Å². The second kappa shape index (κ2) is 3.48. The van der Waals surface area contributed by atoms with Crippen LogP contribution in [-0.4, -0.2) is 11.1 Å². The molecule has 2 nitrogen and oxygen atoms in total. The van der Waals surface area contributed by atoms with E-state index in [2.05, 4.69) is 0 Å². The van der Waals surface area contributed by atoms with Gasteiger partial charge < -0.3 is 5.11 Å². The minimum Gasteiger partial charge on any atom is -0.481 e. The van der Waals surface area contributed by atoms with E-state index in [1.54, 1.807) is 0 Å². The Balaban J connectivity index is 2.63. The molecule has 3 heteroatoms. The van der Waals surface area contributed by atoms with Crippen LogP contribution in [0, 0.1) is 5.41 Å². The first-order chi connectivity index (χ1) is 5.60. The highest BCUT2D eigenvalue weighted by Crippen LogP contribution is 2.45. The highest BCUT2D eigenvalue weighted by atomic mass is 35.5. The van der Waals surface area contributed by atoms with Gasteiger partial charge in [0.2, 0.25) is 0 Å². The zero-order valence-corrected chi connectivity index (χ0v) is 7.90. The Kier molecular flexibility index (Phi) is 2.78. The SMILES string of the molecule is C/C(=C\Cl)CC1(C(=O)O)CCC1. The molecule has 1 saturated carbocycles. The minimum absolute atomic E-state index is 0.491. The summed E-state index contributed by atoms with van der Waals surface area (Å²) in [6.45, 7) is 1.87. The maximum absolute atomic E-state index is 10.9. The number of aliphatic carboxylic acids is 1. The monoisotopic (exact) mass is 188 g/mol. The summed E-state index contributed by atoms with van der Waals surface area (Å²) in [6.07, 6.45) is 3.22. The highest BCUT2D eigenvalue weighted by Gasteiger charge is 2.43. The number of carboxylic acids is 1. The number of carbonyl (C=O) groups is 1. The third-order valence-corrected chi connectivity index (χ3v) is 2.94. The Morgan fingerprint density at radius 3 is 2.50 bits per heavy atom. The summed E-state index contributed by atoms with van der Waals surface area (Å²) >= 11 is 5.49. The van der Waals surface area contributed by atoms with Crippen molar-refractivity contribution in [3.8, 4) is 0 Å². The molecule has 1 aliphatic rings. The molecule has 0 aromatic heterocycles. The van der Waals surface area contributed by atoms with Crippen molar-refractivity contribution in [1.29, 1.82) is 0 Å². The van der Waals surface area contributed by atoms with Crippen molar-refractivity contribution in [2.75, 3.05) is 0 Å². The standard InChI is InChI=1S/C9H13ClO2/c1-7(6-10)5-9(8(11)12)3-2-4-9/h6H,2-5H2,1H3,(H,11,12)/b7-6+. The maximum Gasteiger partial charge on any atom is 0.309 e. The minimum atomic E-state index is -0.674. The van der Waals surface area contributed by atoms with Gasteiger partial charge in [0, 0.05) is 5.54 Å². The summed E-state index contributed by atoms with van der Waals surface area (Å²) < 4.78 is 0. The van der Waals surface area contributed by atoms with Crippen molar-refractivity contribution in [3.63, 3.8) is 0 Å². The number of carboxylic acid groups (broad SMARTS) is 1. The van der Waals surface area contributed by atoms with Crippen LogP contribution in [0.15, 0.2) is 11.1 Å². The third-order valence-electron chi connectivity index (χ3n) is 2.57. The van der Waals surface area contributed by atoms with Gasteiger partial charge in [0.05, 0.1) is 5.41 Å². The van der Waals surface area contributed by atoms with E-state index in [4.69, 9.17) is 16.7 Å². The molecule has 0 unspecified atom stereocenters. The smallest absolute Gasteiger partial charge is 0.309 e. The number of hydrogen-bond acceptors (Lipinski definition) is 1. The van der Waals surface area contributed by atoms with Crippen LogP contribution < -0.4 is 0 Å². The largest absolute Gasteiger partial charge is 0.481 e. The van der Waals surface area contributed by atoms with E-state index in [-0.39, 0.29) is 0 Å². The molecule has 0 radical (unpaired) electrons. The molecule has 12 heavy (non-hydrogen) atoms. The number of rotatable bonds is 3. The predicted octanol–water partition coefficient (Wildman–Crippen LogP) is 2.77. The summed E-state index contributed by atoms with van der Waals surface area (Å²) in [6, 6.07) is 0. The maximum atomic E-state index is 10.9. The first kappa shape index (κ1) is 9.59. The molecular formula is C9H13ClO2. The first-order valence-electron chi connectivity index (χ1n) is 4.10. The van der Waals surface area contributed by atoms with Gasteiger partial charge in [-0.3, -0.25) is 4.79 Å². The number of hydrogen-bond donors (Lipinski definition) is 1. The Morgan fingerprint density at radius 1 is 1.67 bits per heavy atom. The van der Waals surface area contributed by atoms with Gasteiger partial charge in [-0.2, -0.15) is 0 Å². The Morgan fingerprint density at radius 2 is 2.25 bits per heavy atom. The number of allylic oxidation sites excluding steroid dienone is 1. The second-order valence-corrected chi connectivity index (χ2v) is 3.79. The van der Waals surface area contributed by atoms with Crippen LogP contribution >= 0.6 is 11.6 Å². The van der Waals surface area contributed by atoms with Crippen molar-refractivity contribution in [2.45, 2.75) is 32.6 Å². The first-order valence-corrected chi connectivity index (χ1v) is 4.54. The Labute approximate surface area is 77.2 Å². The molecule has 1 fully saturated rings. The fourth-order valence-corrected chi connectivity index (χ4v) is 1.72. The van der Waals surface area contributed by atoms with Gasteiger partial charge >= 0.3 is 5.97 Å². The van der Waals surface area contributed by atoms with Gasteiger partial charge in [0.15, 0.2) is 0 Å². The van der Waals surface area contributed by atoms with Crippen molar-refractivity contribution < 1.29 is 9.90 Å². The summed E-state index contributed by atoms with van der Waals surface area (Å²) in [4.78, 5) is 10.9. The molecule has 0 saturated heterocycles. The van der Waals surface area contributed by atoms with E-state index in [1.165, 1.54) is 5.54 Å². The average molecular weight is 189 g/mol. The lowest BCUT2D eigenvalue weighted by atomic mass is 9.65. The summed E-state index contributed by atoms with van der Waals surface area (Å²) in [7, 11) is 0. The molecule has 0 atom stereocenters. The molecule has 1 aliphatic carbocycles. The van der Waals surface area contributed by atoms with E-state index in [9.17, 15) is 4.79 Å². The lowest BCUT2D eigenvalue weighted by Crippen LogP contribution is -2.37. The average Bonchev–Trinajstić information content (AvgIpc) is 1.95. The summed E-state index contributed by atoms with van der Waals surface area (Å²) in [5.41, 5.74) is 1.94. The molecule has 0 bridgehead atoms. The van der Waals surface area contributed by atoms with Crippen LogP contribution in [0.25, 0.3) is 0 Å². The predicted molar refractivity (Wildman–Crippen MR) is 48.1 cm³/mol.